The molecule has 0 spiro atoms. The third kappa shape index (κ3) is 7.41. The van der Waals surface area contributed by atoms with Gasteiger partial charge in [-0.2, -0.15) is 0 Å². The van der Waals surface area contributed by atoms with Crippen LogP contribution < -0.4 is 5.32 Å². The number of carbonyl (C=O) groups excluding carboxylic acids is 2. The first-order chi connectivity index (χ1) is 23.2. The number of azide groups is 1. The van der Waals surface area contributed by atoms with Crippen molar-refractivity contribution in [3.63, 3.8) is 0 Å². The zero-order chi connectivity index (χ0) is 34.1. The van der Waals surface area contributed by atoms with Crippen molar-refractivity contribution in [2.24, 2.45) is 11.0 Å². The van der Waals surface area contributed by atoms with Gasteiger partial charge in [0.2, 0.25) is 5.91 Å². The molecule has 4 atom stereocenters. The van der Waals surface area contributed by atoms with Crippen molar-refractivity contribution in [3.05, 3.63) is 154 Å². The van der Waals surface area contributed by atoms with Crippen LogP contribution in [0.2, 0.25) is 0 Å². The molecular weight excluding hydrogens is 606 g/mol. The summed E-state index contributed by atoms with van der Waals surface area (Å²) in [6.07, 6.45) is -1.97. The molecule has 1 aliphatic heterocycles. The number of amides is 2. The average molecular weight is 646 g/mol. The Kier molecular flexibility index (Phi) is 10.9. The van der Waals surface area contributed by atoms with Crippen LogP contribution in [-0.2, 0) is 31.1 Å². The Bertz CT molecular complexity index is 1630. The van der Waals surface area contributed by atoms with E-state index in [1.807, 2.05) is 121 Å². The number of nitrogens with zero attached hydrogens (tertiary/aromatic N) is 4. The van der Waals surface area contributed by atoms with Gasteiger partial charge in [-0.25, -0.2) is 4.79 Å². The van der Waals surface area contributed by atoms with E-state index < -0.39 is 54.0 Å². The Labute approximate surface area is 280 Å². The fourth-order valence-electron chi connectivity index (χ4n) is 6.39. The summed E-state index contributed by atoms with van der Waals surface area (Å²) in [5.41, 5.74) is 11.5. The van der Waals surface area contributed by atoms with E-state index >= 15 is 0 Å². The highest BCUT2D eigenvalue weighted by atomic mass is 16.5. The van der Waals surface area contributed by atoms with Crippen molar-refractivity contribution >= 4 is 17.8 Å². The highest BCUT2D eigenvalue weighted by Gasteiger charge is 2.46. The first kappa shape index (κ1) is 33.9. The topological polar surface area (TPSA) is 145 Å². The number of morpholine rings is 1. The standard InChI is InChI=1S/C38H39N5O5/c1-26(2)35-36(45)43(25-33(48-35)31(41-42-39)23-27-15-7-3-8-16-27)32(37(46)47)24-34(44)40-38(28-17-9-4-10-18-28,29-19-11-5-12-20-29)30-21-13-6-14-22-30/h3-22,26,31-33,35H,23-25H2,1-2H3,(H,40,44)(H,46,47)/t31-,32-,33-,35-/m0/s1. The van der Waals surface area contributed by atoms with Gasteiger partial charge >= 0.3 is 5.97 Å². The summed E-state index contributed by atoms with van der Waals surface area (Å²) < 4.78 is 6.22. The lowest BCUT2D eigenvalue weighted by atomic mass is 9.77. The summed E-state index contributed by atoms with van der Waals surface area (Å²) >= 11 is 0. The van der Waals surface area contributed by atoms with E-state index in [9.17, 15) is 25.0 Å². The van der Waals surface area contributed by atoms with Gasteiger partial charge in [-0.3, -0.25) is 9.59 Å². The molecule has 0 bridgehead atoms. The highest BCUT2D eigenvalue weighted by Crippen LogP contribution is 2.37. The molecule has 0 saturated carbocycles. The first-order valence-electron chi connectivity index (χ1n) is 16.0. The number of hydrogen-bond donors (Lipinski definition) is 2. The van der Waals surface area contributed by atoms with E-state index in [-0.39, 0.29) is 12.5 Å². The van der Waals surface area contributed by atoms with Gasteiger partial charge in [-0.1, -0.05) is 140 Å². The summed E-state index contributed by atoms with van der Waals surface area (Å²) in [6, 6.07) is 35.7. The van der Waals surface area contributed by atoms with Crippen molar-refractivity contribution in [1.29, 1.82) is 0 Å². The molecule has 0 unspecified atom stereocenters. The van der Waals surface area contributed by atoms with Gasteiger partial charge in [-0.15, -0.1) is 0 Å². The molecule has 10 heteroatoms. The Hall–Kier alpha value is -5.44. The summed E-state index contributed by atoms with van der Waals surface area (Å²) in [5.74, 6) is -2.72. The number of carboxylic acid groups (broad SMARTS) is 1. The number of ether oxygens (including phenoxy) is 1. The molecule has 4 aromatic carbocycles. The molecule has 5 rings (SSSR count). The van der Waals surface area contributed by atoms with Gasteiger partial charge < -0.3 is 20.1 Å². The second-order valence-corrected chi connectivity index (χ2v) is 12.2. The number of aliphatic carboxylic acids is 1. The van der Waals surface area contributed by atoms with Crippen LogP contribution in [-0.4, -0.2) is 58.6 Å². The van der Waals surface area contributed by atoms with Crippen LogP contribution in [0, 0.1) is 5.92 Å². The van der Waals surface area contributed by atoms with Gasteiger partial charge in [0.1, 0.15) is 17.7 Å². The summed E-state index contributed by atoms with van der Waals surface area (Å²) in [7, 11) is 0. The molecular formula is C38H39N5O5. The second kappa shape index (κ2) is 15.4. The van der Waals surface area contributed by atoms with E-state index in [2.05, 4.69) is 15.3 Å². The van der Waals surface area contributed by atoms with Gasteiger partial charge in [-0.05, 0) is 40.1 Å². The average Bonchev–Trinajstić information content (AvgIpc) is 3.11. The second-order valence-electron chi connectivity index (χ2n) is 12.2. The van der Waals surface area contributed by atoms with Crippen LogP contribution in [0.3, 0.4) is 0 Å². The van der Waals surface area contributed by atoms with Crippen molar-refractivity contribution in [2.45, 2.75) is 56.5 Å². The lowest BCUT2D eigenvalue weighted by Gasteiger charge is -2.43. The van der Waals surface area contributed by atoms with Gasteiger partial charge in [0, 0.05) is 11.5 Å². The summed E-state index contributed by atoms with van der Waals surface area (Å²) in [4.78, 5) is 45.2. The molecule has 246 valence electrons. The molecule has 10 nitrogen and oxygen atoms in total. The van der Waals surface area contributed by atoms with Crippen molar-refractivity contribution in [2.75, 3.05) is 6.54 Å². The number of nitrogens with one attached hydrogen (secondary N) is 1. The molecule has 0 radical (unpaired) electrons. The first-order valence-corrected chi connectivity index (χ1v) is 16.0. The molecule has 4 aromatic rings. The predicted octanol–water partition coefficient (Wildman–Crippen LogP) is 6.11. The van der Waals surface area contributed by atoms with Crippen LogP contribution in [0.4, 0.5) is 0 Å². The maximum Gasteiger partial charge on any atom is 0.326 e. The Morgan fingerprint density at radius 2 is 1.38 bits per heavy atom. The monoisotopic (exact) mass is 645 g/mol. The summed E-state index contributed by atoms with van der Waals surface area (Å²) in [6.45, 7) is 3.45. The number of hydrogen-bond acceptors (Lipinski definition) is 5. The lowest BCUT2D eigenvalue weighted by molar-refractivity contribution is -0.178. The zero-order valence-corrected chi connectivity index (χ0v) is 26.9. The zero-order valence-electron chi connectivity index (χ0n) is 26.9. The van der Waals surface area contributed by atoms with Crippen LogP contribution in [0.1, 0.15) is 42.5 Å². The van der Waals surface area contributed by atoms with Crippen LogP contribution in [0.25, 0.3) is 10.4 Å². The number of carboxylic acids is 1. The fraction of sp³-hybridized carbons (Fsp3) is 0.289. The van der Waals surface area contributed by atoms with Gasteiger partial charge in [0.15, 0.2) is 0 Å². The van der Waals surface area contributed by atoms with Crippen molar-refractivity contribution < 1.29 is 24.2 Å². The maximum atomic E-state index is 14.2. The van der Waals surface area contributed by atoms with E-state index in [0.717, 1.165) is 22.3 Å². The Morgan fingerprint density at radius 1 is 0.896 bits per heavy atom. The third-order valence-electron chi connectivity index (χ3n) is 8.73. The van der Waals surface area contributed by atoms with Crippen LogP contribution >= 0.6 is 0 Å². The number of benzene rings is 4. The molecule has 1 heterocycles. The van der Waals surface area contributed by atoms with Gasteiger partial charge in [0.25, 0.3) is 5.91 Å². The van der Waals surface area contributed by atoms with Crippen LogP contribution in [0.5, 0.6) is 0 Å². The Balaban J connectivity index is 1.50. The molecule has 1 aliphatic rings. The summed E-state index contributed by atoms with van der Waals surface area (Å²) in [5, 5.41) is 17.7. The predicted molar refractivity (Wildman–Crippen MR) is 182 cm³/mol. The molecule has 2 N–H and O–H groups in total. The smallest absolute Gasteiger partial charge is 0.326 e. The Morgan fingerprint density at radius 3 is 1.81 bits per heavy atom. The quantitative estimate of drug-likeness (QED) is 0.0780. The molecule has 0 aliphatic carbocycles. The normalized spacial score (nSPS) is 17.6. The minimum atomic E-state index is -1.51. The van der Waals surface area contributed by atoms with Crippen molar-refractivity contribution in [1.82, 2.24) is 10.2 Å². The van der Waals surface area contributed by atoms with Crippen LogP contribution in [0.15, 0.2) is 126 Å². The lowest BCUT2D eigenvalue weighted by Crippen LogP contribution is -2.62. The van der Waals surface area contributed by atoms with E-state index in [4.69, 9.17) is 4.74 Å². The molecule has 48 heavy (non-hydrogen) atoms. The SMILES string of the molecule is CC(C)[C@@H]1O[C@H]([C@H](Cc2ccccc2)N=[N+]=[N-])CN([C@@H](CC(=O)NC(c2ccccc2)(c2ccccc2)c2ccccc2)C(=O)O)C1=O. The van der Waals surface area contributed by atoms with Gasteiger partial charge in [0.05, 0.1) is 18.6 Å². The molecule has 1 fully saturated rings. The van der Waals surface area contributed by atoms with E-state index in [0.29, 0.717) is 6.42 Å². The fourth-order valence-corrected chi connectivity index (χ4v) is 6.39. The minimum Gasteiger partial charge on any atom is -0.480 e. The largest absolute Gasteiger partial charge is 0.480 e. The highest BCUT2D eigenvalue weighted by molar-refractivity contribution is 5.91. The molecule has 1 saturated heterocycles. The maximum absolute atomic E-state index is 14.2. The van der Waals surface area contributed by atoms with Crippen molar-refractivity contribution in [3.8, 4) is 0 Å². The molecule has 0 aromatic heterocycles. The molecule has 2 amide bonds. The van der Waals surface area contributed by atoms with E-state index in [1.54, 1.807) is 13.8 Å². The number of rotatable bonds is 13. The number of carbonyl (C=O) groups is 3. The minimum absolute atomic E-state index is 0.163. The van der Waals surface area contributed by atoms with E-state index in [1.165, 1.54) is 4.90 Å². The third-order valence-corrected chi connectivity index (χ3v) is 8.73.